The van der Waals surface area contributed by atoms with Gasteiger partial charge in [-0.2, -0.15) is 5.10 Å². The molecule has 0 radical (unpaired) electrons. The average molecular weight is 384 g/mol. The molecular formula is C24H24N4O. The lowest BCUT2D eigenvalue weighted by Crippen LogP contribution is -2.26. The Bertz CT molecular complexity index is 1110. The van der Waals surface area contributed by atoms with Crippen molar-refractivity contribution in [2.24, 2.45) is 0 Å². The summed E-state index contributed by atoms with van der Waals surface area (Å²) in [4.78, 5) is 17.2. The molecule has 146 valence electrons. The number of fused-ring (bicyclic) bond motifs is 1. The van der Waals surface area contributed by atoms with Crippen molar-refractivity contribution in [3.05, 3.63) is 95.4 Å². The maximum Gasteiger partial charge on any atom is 0.254 e. The van der Waals surface area contributed by atoms with Crippen LogP contribution >= 0.6 is 0 Å². The van der Waals surface area contributed by atoms with Gasteiger partial charge in [-0.3, -0.25) is 14.5 Å². The first kappa shape index (κ1) is 18.9. The minimum Gasteiger partial charge on any atom is -0.352 e. The highest BCUT2D eigenvalue weighted by atomic mass is 16.1. The molecule has 4 aromatic rings. The van der Waals surface area contributed by atoms with E-state index in [1.54, 1.807) is 12.4 Å². The number of nitrogens with zero attached hydrogens (tertiary/aromatic N) is 3. The van der Waals surface area contributed by atoms with Crippen LogP contribution in [0.15, 0.2) is 73.1 Å². The second-order valence-electron chi connectivity index (χ2n) is 7.00. The second-order valence-corrected chi connectivity index (χ2v) is 7.00. The van der Waals surface area contributed by atoms with E-state index in [0.717, 1.165) is 35.0 Å². The molecule has 0 saturated carbocycles. The molecule has 0 atom stereocenters. The van der Waals surface area contributed by atoms with Gasteiger partial charge < -0.3 is 5.32 Å². The molecule has 0 aliphatic carbocycles. The molecule has 0 fully saturated rings. The van der Waals surface area contributed by atoms with E-state index in [9.17, 15) is 4.79 Å². The zero-order valence-electron chi connectivity index (χ0n) is 16.5. The van der Waals surface area contributed by atoms with Gasteiger partial charge in [-0.1, -0.05) is 61.5 Å². The Balaban J connectivity index is 1.43. The summed E-state index contributed by atoms with van der Waals surface area (Å²) in [5.41, 5.74) is 4.91. The number of rotatable bonds is 7. The molecule has 4 rings (SSSR count). The lowest BCUT2D eigenvalue weighted by atomic mass is 10.1. The Morgan fingerprint density at radius 3 is 2.69 bits per heavy atom. The number of benzene rings is 2. The molecule has 5 heteroatoms. The fourth-order valence-electron chi connectivity index (χ4n) is 3.64. The summed E-state index contributed by atoms with van der Waals surface area (Å²) in [6.07, 6.45) is 4.97. The van der Waals surface area contributed by atoms with E-state index in [0.29, 0.717) is 18.7 Å². The van der Waals surface area contributed by atoms with Crippen molar-refractivity contribution in [2.75, 3.05) is 6.54 Å². The van der Waals surface area contributed by atoms with E-state index in [1.807, 2.05) is 35.0 Å². The highest BCUT2D eigenvalue weighted by Gasteiger charge is 2.16. The number of carbonyl (C=O) groups is 1. The van der Waals surface area contributed by atoms with Crippen LogP contribution in [0.3, 0.4) is 0 Å². The van der Waals surface area contributed by atoms with Crippen LogP contribution in [0.4, 0.5) is 0 Å². The zero-order valence-corrected chi connectivity index (χ0v) is 16.5. The number of amides is 1. The van der Waals surface area contributed by atoms with Gasteiger partial charge in [0.05, 0.1) is 29.5 Å². The molecule has 1 amide bonds. The van der Waals surface area contributed by atoms with Crippen molar-refractivity contribution in [1.29, 1.82) is 0 Å². The maximum atomic E-state index is 12.8. The van der Waals surface area contributed by atoms with Gasteiger partial charge in [0.15, 0.2) is 0 Å². The van der Waals surface area contributed by atoms with Gasteiger partial charge in [0.2, 0.25) is 0 Å². The molecule has 2 aromatic carbocycles. The van der Waals surface area contributed by atoms with Crippen LogP contribution < -0.4 is 5.32 Å². The average Bonchev–Trinajstić information content (AvgIpc) is 3.17. The van der Waals surface area contributed by atoms with Crippen molar-refractivity contribution in [2.45, 2.75) is 26.3 Å². The van der Waals surface area contributed by atoms with Gasteiger partial charge in [-0.15, -0.1) is 0 Å². The van der Waals surface area contributed by atoms with E-state index < -0.39 is 0 Å². The van der Waals surface area contributed by atoms with E-state index in [1.165, 1.54) is 5.56 Å². The van der Waals surface area contributed by atoms with Gasteiger partial charge >= 0.3 is 0 Å². The van der Waals surface area contributed by atoms with Crippen molar-refractivity contribution < 1.29 is 4.79 Å². The summed E-state index contributed by atoms with van der Waals surface area (Å²) in [7, 11) is 0. The first-order valence-corrected chi connectivity index (χ1v) is 9.95. The molecule has 0 aliphatic rings. The second kappa shape index (κ2) is 8.69. The first-order valence-electron chi connectivity index (χ1n) is 9.95. The molecule has 0 spiro atoms. The number of hydrogen-bond acceptors (Lipinski definition) is 3. The van der Waals surface area contributed by atoms with Gasteiger partial charge in [0.25, 0.3) is 5.91 Å². The third-order valence-corrected chi connectivity index (χ3v) is 5.10. The molecule has 29 heavy (non-hydrogen) atoms. The van der Waals surface area contributed by atoms with Crippen LogP contribution in [-0.2, 0) is 19.4 Å². The number of carbonyl (C=O) groups excluding carboxylic acids is 1. The van der Waals surface area contributed by atoms with Crippen LogP contribution in [0.1, 0.15) is 34.1 Å². The van der Waals surface area contributed by atoms with E-state index in [-0.39, 0.29) is 5.91 Å². The molecule has 1 N–H and O–H groups in total. The Kier molecular flexibility index (Phi) is 5.66. The third-order valence-electron chi connectivity index (χ3n) is 5.10. The summed E-state index contributed by atoms with van der Waals surface area (Å²) in [6.45, 7) is 3.28. The van der Waals surface area contributed by atoms with Gasteiger partial charge in [0, 0.05) is 18.1 Å². The minimum absolute atomic E-state index is 0.0747. The molecule has 0 aliphatic heterocycles. The van der Waals surface area contributed by atoms with Gasteiger partial charge in [0.1, 0.15) is 0 Å². The summed E-state index contributed by atoms with van der Waals surface area (Å²) < 4.78 is 1.92. The molecule has 0 bridgehead atoms. The lowest BCUT2D eigenvalue weighted by Gasteiger charge is -2.09. The van der Waals surface area contributed by atoms with Gasteiger partial charge in [-0.25, -0.2) is 0 Å². The van der Waals surface area contributed by atoms with Gasteiger partial charge in [-0.05, 0) is 30.0 Å². The Morgan fingerprint density at radius 1 is 1.03 bits per heavy atom. The Labute approximate surface area is 170 Å². The van der Waals surface area contributed by atoms with E-state index in [4.69, 9.17) is 0 Å². The standard InChI is InChI=1S/C24H24N4O/c1-2-22-21(16-27-28(22)17-18-8-4-3-5-9-18)24(29)26-15-13-20-11-6-10-19-12-7-14-25-23(19)20/h3-12,14,16H,2,13,15,17H2,1H3,(H,26,29). The quantitative estimate of drug-likeness (QED) is 0.524. The van der Waals surface area contributed by atoms with Crippen LogP contribution in [0.2, 0.25) is 0 Å². The molecule has 2 aromatic heterocycles. The number of pyridine rings is 1. The number of hydrogen-bond donors (Lipinski definition) is 1. The fourth-order valence-corrected chi connectivity index (χ4v) is 3.64. The highest BCUT2D eigenvalue weighted by Crippen LogP contribution is 2.16. The monoisotopic (exact) mass is 384 g/mol. The van der Waals surface area contributed by atoms with Crippen LogP contribution in [0.25, 0.3) is 10.9 Å². The van der Waals surface area contributed by atoms with E-state index >= 15 is 0 Å². The van der Waals surface area contributed by atoms with Crippen molar-refractivity contribution in [3.8, 4) is 0 Å². The number of nitrogens with one attached hydrogen (secondary N) is 1. The number of aromatic nitrogens is 3. The predicted molar refractivity (Wildman–Crippen MR) is 115 cm³/mol. The van der Waals surface area contributed by atoms with Crippen LogP contribution in [0, 0.1) is 0 Å². The third kappa shape index (κ3) is 4.19. The van der Waals surface area contributed by atoms with Crippen LogP contribution in [0.5, 0.6) is 0 Å². The molecular weight excluding hydrogens is 360 g/mol. The largest absolute Gasteiger partial charge is 0.352 e. The molecule has 0 saturated heterocycles. The Hall–Kier alpha value is -3.47. The summed E-state index contributed by atoms with van der Waals surface area (Å²) in [5, 5.41) is 8.62. The fraction of sp³-hybridized carbons (Fsp3) is 0.208. The maximum absolute atomic E-state index is 12.8. The SMILES string of the molecule is CCc1c(C(=O)NCCc2cccc3cccnc23)cnn1Cc1ccccc1. The summed E-state index contributed by atoms with van der Waals surface area (Å²) in [5.74, 6) is -0.0747. The van der Waals surface area contributed by atoms with Crippen LogP contribution in [-0.4, -0.2) is 27.2 Å². The normalized spacial score (nSPS) is 10.9. The van der Waals surface area contributed by atoms with E-state index in [2.05, 4.69) is 52.7 Å². The first-order chi connectivity index (χ1) is 14.3. The number of para-hydroxylation sites is 1. The van der Waals surface area contributed by atoms with Crippen molar-refractivity contribution in [3.63, 3.8) is 0 Å². The Morgan fingerprint density at radius 2 is 1.86 bits per heavy atom. The van der Waals surface area contributed by atoms with Crippen molar-refractivity contribution in [1.82, 2.24) is 20.1 Å². The molecule has 2 heterocycles. The zero-order chi connectivity index (χ0) is 20.1. The highest BCUT2D eigenvalue weighted by molar-refractivity contribution is 5.95. The smallest absolute Gasteiger partial charge is 0.254 e. The molecule has 0 unspecified atom stereocenters. The predicted octanol–water partition coefficient (Wildman–Crippen LogP) is 4.01. The lowest BCUT2D eigenvalue weighted by molar-refractivity contribution is 0.0953. The molecule has 5 nitrogen and oxygen atoms in total. The topological polar surface area (TPSA) is 59.8 Å². The summed E-state index contributed by atoms with van der Waals surface area (Å²) in [6, 6.07) is 20.3. The minimum atomic E-state index is -0.0747. The van der Waals surface area contributed by atoms with Crippen molar-refractivity contribution >= 4 is 16.8 Å². The summed E-state index contributed by atoms with van der Waals surface area (Å²) >= 11 is 0.